The lowest BCUT2D eigenvalue weighted by atomic mass is 9.85. The average Bonchev–Trinajstić information content (AvgIpc) is 2.76. The predicted molar refractivity (Wildman–Crippen MR) is 61.0 cm³/mol. The molecule has 0 aliphatic heterocycles. The number of nitriles is 1. The van der Waals surface area contributed by atoms with Crippen molar-refractivity contribution in [1.29, 1.82) is 5.26 Å². The van der Waals surface area contributed by atoms with Crippen molar-refractivity contribution in [3.05, 3.63) is 35.7 Å². The summed E-state index contributed by atoms with van der Waals surface area (Å²) in [6.45, 7) is 0. The summed E-state index contributed by atoms with van der Waals surface area (Å²) >= 11 is 0. The summed E-state index contributed by atoms with van der Waals surface area (Å²) in [7, 11) is 0. The molecule has 1 heterocycles. The van der Waals surface area contributed by atoms with Crippen LogP contribution in [-0.4, -0.2) is 10.1 Å². The molecule has 1 aromatic carbocycles. The molecule has 0 radical (unpaired) electrons. The minimum absolute atomic E-state index is 0.440. The van der Waals surface area contributed by atoms with Crippen LogP contribution in [0.25, 0.3) is 11.4 Å². The molecule has 84 valence electrons. The monoisotopic (exact) mass is 225 g/mol. The minimum atomic E-state index is 0.440. The van der Waals surface area contributed by atoms with Crippen LogP contribution in [0.4, 0.5) is 0 Å². The topological polar surface area (TPSA) is 62.7 Å². The van der Waals surface area contributed by atoms with E-state index in [9.17, 15) is 0 Å². The summed E-state index contributed by atoms with van der Waals surface area (Å²) in [4.78, 5) is 4.39. The van der Waals surface area contributed by atoms with Crippen LogP contribution in [0.2, 0.25) is 0 Å². The molecule has 0 N–H and O–H groups in total. The first kappa shape index (κ1) is 10.0. The van der Waals surface area contributed by atoms with Crippen molar-refractivity contribution >= 4 is 0 Å². The van der Waals surface area contributed by atoms with E-state index in [1.807, 2.05) is 12.1 Å². The zero-order valence-corrected chi connectivity index (χ0v) is 9.26. The van der Waals surface area contributed by atoms with E-state index in [0.717, 1.165) is 24.3 Å². The largest absolute Gasteiger partial charge is 0.339 e. The summed E-state index contributed by atoms with van der Waals surface area (Å²) < 4.78 is 5.25. The molecular weight excluding hydrogens is 214 g/mol. The van der Waals surface area contributed by atoms with Crippen molar-refractivity contribution in [2.45, 2.75) is 25.2 Å². The van der Waals surface area contributed by atoms with Gasteiger partial charge in [0.1, 0.15) is 0 Å². The van der Waals surface area contributed by atoms with Gasteiger partial charge in [-0.2, -0.15) is 10.2 Å². The third-order valence-electron chi connectivity index (χ3n) is 3.15. The molecule has 0 saturated heterocycles. The molecule has 0 unspecified atom stereocenters. The smallest absolute Gasteiger partial charge is 0.230 e. The molecule has 4 heteroatoms. The Morgan fingerprint density at radius 1 is 1.35 bits per heavy atom. The van der Waals surface area contributed by atoms with Gasteiger partial charge in [0.2, 0.25) is 11.7 Å². The van der Waals surface area contributed by atoms with Crippen LogP contribution in [0.5, 0.6) is 0 Å². The van der Waals surface area contributed by atoms with Crippen LogP contribution in [0, 0.1) is 11.3 Å². The highest BCUT2D eigenvalue weighted by Gasteiger charge is 2.25. The Hall–Kier alpha value is -2.15. The van der Waals surface area contributed by atoms with Crippen molar-refractivity contribution in [1.82, 2.24) is 10.1 Å². The van der Waals surface area contributed by atoms with Crippen LogP contribution in [-0.2, 0) is 0 Å². The van der Waals surface area contributed by atoms with Crippen molar-refractivity contribution < 1.29 is 4.52 Å². The fourth-order valence-corrected chi connectivity index (χ4v) is 1.90. The molecular formula is C13H11N3O. The number of nitrogens with zero attached hydrogens (tertiary/aromatic N) is 3. The Bertz CT molecular complexity index is 578. The lowest BCUT2D eigenvalue weighted by molar-refractivity contribution is 0.292. The second kappa shape index (κ2) is 4.02. The Kier molecular flexibility index (Phi) is 2.37. The highest BCUT2D eigenvalue weighted by molar-refractivity contribution is 5.57. The van der Waals surface area contributed by atoms with Gasteiger partial charge >= 0.3 is 0 Å². The molecule has 0 spiro atoms. The van der Waals surface area contributed by atoms with Gasteiger partial charge in [-0.15, -0.1) is 0 Å². The summed E-state index contributed by atoms with van der Waals surface area (Å²) in [5.74, 6) is 1.74. The Morgan fingerprint density at radius 2 is 2.24 bits per heavy atom. The van der Waals surface area contributed by atoms with E-state index in [-0.39, 0.29) is 0 Å². The quantitative estimate of drug-likeness (QED) is 0.788. The van der Waals surface area contributed by atoms with Crippen LogP contribution >= 0.6 is 0 Å². The van der Waals surface area contributed by atoms with Gasteiger partial charge < -0.3 is 4.52 Å². The van der Waals surface area contributed by atoms with E-state index in [2.05, 4.69) is 16.2 Å². The van der Waals surface area contributed by atoms with Crippen molar-refractivity contribution in [3.63, 3.8) is 0 Å². The van der Waals surface area contributed by atoms with E-state index < -0.39 is 0 Å². The third-order valence-corrected chi connectivity index (χ3v) is 3.15. The molecule has 0 atom stereocenters. The Morgan fingerprint density at radius 3 is 2.94 bits per heavy atom. The maximum atomic E-state index is 8.84. The SMILES string of the molecule is N#Cc1cccc(-c2noc(C3CCC3)n2)c1. The fraction of sp³-hybridized carbons (Fsp3) is 0.308. The molecule has 3 rings (SSSR count). The number of rotatable bonds is 2. The first-order valence-corrected chi connectivity index (χ1v) is 5.71. The predicted octanol–water partition coefficient (Wildman–Crippen LogP) is 2.88. The highest BCUT2D eigenvalue weighted by atomic mass is 16.5. The summed E-state index contributed by atoms with van der Waals surface area (Å²) in [6, 6.07) is 9.35. The number of benzene rings is 1. The van der Waals surface area contributed by atoms with Gasteiger partial charge in [0.05, 0.1) is 11.6 Å². The van der Waals surface area contributed by atoms with Gasteiger partial charge in [-0.05, 0) is 25.0 Å². The average molecular weight is 225 g/mol. The molecule has 4 nitrogen and oxygen atoms in total. The van der Waals surface area contributed by atoms with Crippen LogP contribution in [0.3, 0.4) is 0 Å². The molecule has 0 bridgehead atoms. The highest BCUT2D eigenvalue weighted by Crippen LogP contribution is 2.35. The number of hydrogen-bond donors (Lipinski definition) is 0. The maximum Gasteiger partial charge on any atom is 0.230 e. The van der Waals surface area contributed by atoms with E-state index in [0.29, 0.717) is 17.3 Å². The van der Waals surface area contributed by atoms with E-state index in [4.69, 9.17) is 9.78 Å². The van der Waals surface area contributed by atoms with Crippen LogP contribution < -0.4 is 0 Å². The molecule has 1 fully saturated rings. The standard InChI is InChI=1S/C13H11N3O/c14-8-9-3-1-6-11(7-9)12-15-13(17-16-12)10-4-2-5-10/h1,3,6-7,10H,2,4-5H2. The Balaban J connectivity index is 1.92. The van der Waals surface area contributed by atoms with Crippen molar-refractivity contribution in [3.8, 4) is 17.5 Å². The van der Waals surface area contributed by atoms with Crippen molar-refractivity contribution in [2.75, 3.05) is 0 Å². The van der Waals surface area contributed by atoms with Gasteiger partial charge in [0, 0.05) is 11.5 Å². The van der Waals surface area contributed by atoms with E-state index in [1.54, 1.807) is 12.1 Å². The molecule has 1 aliphatic carbocycles. The zero-order valence-electron chi connectivity index (χ0n) is 9.26. The normalized spacial score (nSPS) is 15.2. The zero-order chi connectivity index (χ0) is 11.7. The molecule has 17 heavy (non-hydrogen) atoms. The van der Waals surface area contributed by atoms with Gasteiger partial charge in [0.15, 0.2) is 0 Å². The summed E-state index contributed by atoms with van der Waals surface area (Å²) in [5.41, 5.74) is 1.44. The van der Waals surface area contributed by atoms with Gasteiger partial charge in [0.25, 0.3) is 0 Å². The van der Waals surface area contributed by atoms with Crippen LogP contribution in [0.1, 0.15) is 36.6 Å². The van der Waals surface area contributed by atoms with Gasteiger partial charge in [-0.25, -0.2) is 0 Å². The number of aromatic nitrogens is 2. The molecule has 1 aromatic heterocycles. The summed E-state index contributed by atoms with van der Waals surface area (Å²) in [5, 5.41) is 12.8. The van der Waals surface area contributed by atoms with Gasteiger partial charge in [-0.1, -0.05) is 23.7 Å². The second-order valence-corrected chi connectivity index (χ2v) is 4.28. The number of hydrogen-bond acceptors (Lipinski definition) is 4. The third kappa shape index (κ3) is 1.80. The molecule has 1 aliphatic rings. The maximum absolute atomic E-state index is 8.84. The van der Waals surface area contributed by atoms with Crippen molar-refractivity contribution in [2.24, 2.45) is 0 Å². The second-order valence-electron chi connectivity index (χ2n) is 4.28. The molecule has 0 amide bonds. The lowest BCUT2D eigenvalue weighted by Crippen LogP contribution is -2.08. The fourth-order valence-electron chi connectivity index (χ4n) is 1.90. The van der Waals surface area contributed by atoms with E-state index >= 15 is 0 Å². The summed E-state index contributed by atoms with van der Waals surface area (Å²) in [6.07, 6.45) is 3.52. The first-order valence-electron chi connectivity index (χ1n) is 5.71. The van der Waals surface area contributed by atoms with Crippen LogP contribution in [0.15, 0.2) is 28.8 Å². The molecule has 1 saturated carbocycles. The van der Waals surface area contributed by atoms with Gasteiger partial charge in [-0.3, -0.25) is 0 Å². The first-order chi connectivity index (χ1) is 8.36. The molecule has 2 aromatic rings. The Labute approximate surface area is 98.9 Å². The van der Waals surface area contributed by atoms with E-state index in [1.165, 1.54) is 6.42 Å². The minimum Gasteiger partial charge on any atom is -0.339 e. The lowest BCUT2D eigenvalue weighted by Gasteiger charge is -2.20.